The summed E-state index contributed by atoms with van der Waals surface area (Å²) in [5.74, 6) is 1.08. The van der Waals surface area contributed by atoms with Crippen LogP contribution in [-0.4, -0.2) is 65.1 Å². The van der Waals surface area contributed by atoms with Crippen molar-refractivity contribution < 1.29 is 8.42 Å². The maximum absolute atomic E-state index is 11.6. The summed E-state index contributed by atoms with van der Waals surface area (Å²) in [4.78, 5) is 19.4. The smallest absolute Gasteiger partial charge is 0.228 e. The quantitative estimate of drug-likeness (QED) is 0.677. The van der Waals surface area contributed by atoms with Crippen molar-refractivity contribution in [2.75, 3.05) is 42.7 Å². The highest BCUT2D eigenvalue weighted by Crippen LogP contribution is 2.21. The van der Waals surface area contributed by atoms with E-state index in [2.05, 4.69) is 30.2 Å². The lowest BCUT2D eigenvalue weighted by atomic mass is 10.2. The molecule has 29 heavy (non-hydrogen) atoms. The second kappa shape index (κ2) is 8.10. The standard InChI is InChI=1S/C19H21N7O2S/c1-29(27,28)26-11-9-25(10-12-26)16-4-5-18(22-14-16)24-19-21-8-6-17(23-19)15-3-2-7-20-13-15/h2-8,13-14H,9-12H2,1H3,(H,21,22,23,24). The van der Waals surface area contributed by atoms with E-state index in [9.17, 15) is 8.42 Å². The van der Waals surface area contributed by atoms with Gasteiger partial charge in [-0.05, 0) is 30.3 Å². The fourth-order valence-electron chi connectivity index (χ4n) is 3.13. The molecule has 0 radical (unpaired) electrons. The van der Waals surface area contributed by atoms with E-state index < -0.39 is 10.0 Å². The van der Waals surface area contributed by atoms with Crippen LogP contribution in [0.5, 0.6) is 0 Å². The van der Waals surface area contributed by atoms with Gasteiger partial charge < -0.3 is 10.2 Å². The molecule has 1 saturated heterocycles. The normalized spacial score (nSPS) is 15.3. The summed E-state index contributed by atoms with van der Waals surface area (Å²) in [6, 6.07) is 9.44. The minimum Gasteiger partial charge on any atom is -0.368 e. The molecule has 0 unspecified atom stereocenters. The number of hydrogen-bond donors (Lipinski definition) is 1. The fraction of sp³-hybridized carbons (Fsp3) is 0.263. The Morgan fingerprint density at radius 1 is 0.966 bits per heavy atom. The first-order valence-corrected chi connectivity index (χ1v) is 11.0. The highest BCUT2D eigenvalue weighted by atomic mass is 32.2. The lowest BCUT2D eigenvalue weighted by Gasteiger charge is -2.34. The first-order valence-electron chi connectivity index (χ1n) is 9.16. The summed E-state index contributed by atoms with van der Waals surface area (Å²) in [6.07, 6.45) is 8.17. The molecule has 1 fully saturated rings. The molecule has 3 aromatic rings. The third kappa shape index (κ3) is 4.66. The first-order chi connectivity index (χ1) is 14.0. The van der Waals surface area contributed by atoms with E-state index in [0.717, 1.165) is 16.9 Å². The Kier molecular flexibility index (Phi) is 5.36. The molecule has 10 heteroatoms. The number of sulfonamides is 1. The molecule has 3 aromatic heterocycles. The molecule has 9 nitrogen and oxygen atoms in total. The monoisotopic (exact) mass is 411 g/mol. The van der Waals surface area contributed by atoms with Crippen molar-refractivity contribution in [1.29, 1.82) is 0 Å². The summed E-state index contributed by atoms with van der Waals surface area (Å²) >= 11 is 0. The molecule has 0 aliphatic carbocycles. The van der Waals surface area contributed by atoms with Crippen LogP contribution >= 0.6 is 0 Å². The van der Waals surface area contributed by atoms with Gasteiger partial charge >= 0.3 is 0 Å². The third-order valence-electron chi connectivity index (χ3n) is 4.67. The maximum Gasteiger partial charge on any atom is 0.228 e. The van der Waals surface area contributed by atoms with Gasteiger partial charge in [0.05, 0.1) is 23.8 Å². The van der Waals surface area contributed by atoms with Crippen LogP contribution in [0.4, 0.5) is 17.5 Å². The number of nitrogens with one attached hydrogen (secondary N) is 1. The first kappa shape index (κ1) is 19.2. The maximum atomic E-state index is 11.6. The van der Waals surface area contributed by atoms with E-state index in [4.69, 9.17) is 0 Å². The molecule has 4 rings (SSSR count). The van der Waals surface area contributed by atoms with Crippen molar-refractivity contribution in [2.45, 2.75) is 0 Å². The van der Waals surface area contributed by atoms with Gasteiger partial charge in [0.15, 0.2) is 0 Å². The van der Waals surface area contributed by atoms with Gasteiger partial charge in [-0.2, -0.15) is 4.31 Å². The van der Waals surface area contributed by atoms with Crippen LogP contribution < -0.4 is 10.2 Å². The predicted octanol–water partition coefficient (Wildman–Crippen LogP) is 1.76. The van der Waals surface area contributed by atoms with Crippen molar-refractivity contribution >= 4 is 27.5 Å². The zero-order chi connectivity index (χ0) is 20.3. The Labute approximate surface area is 169 Å². The summed E-state index contributed by atoms with van der Waals surface area (Å²) in [5, 5.41) is 3.11. The molecule has 0 aromatic carbocycles. The Hall–Kier alpha value is -3.11. The summed E-state index contributed by atoms with van der Waals surface area (Å²) < 4.78 is 24.8. The third-order valence-corrected chi connectivity index (χ3v) is 5.98. The summed E-state index contributed by atoms with van der Waals surface area (Å²) in [7, 11) is -3.13. The van der Waals surface area contributed by atoms with Crippen LogP contribution in [-0.2, 0) is 10.0 Å². The van der Waals surface area contributed by atoms with Crippen LogP contribution in [0.15, 0.2) is 55.1 Å². The van der Waals surface area contributed by atoms with E-state index >= 15 is 0 Å². The molecular weight excluding hydrogens is 390 g/mol. The van der Waals surface area contributed by atoms with E-state index in [-0.39, 0.29) is 0 Å². The van der Waals surface area contributed by atoms with E-state index in [1.807, 2.05) is 30.3 Å². The second-order valence-corrected chi connectivity index (χ2v) is 8.67. The van der Waals surface area contributed by atoms with Crippen LogP contribution in [0, 0.1) is 0 Å². The molecule has 0 atom stereocenters. The van der Waals surface area contributed by atoms with Crippen LogP contribution in [0.3, 0.4) is 0 Å². The zero-order valence-electron chi connectivity index (χ0n) is 15.9. The second-order valence-electron chi connectivity index (χ2n) is 6.68. The lowest BCUT2D eigenvalue weighted by molar-refractivity contribution is 0.388. The van der Waals surface area contributed by atoms with Gasteiger partial charge in [-0.15, -0.1) is 0 Å². The minimum atomic E-state index is -3.13. The van der Waals surface area contributed by atoms with Gasteiger partial charge in [-0.3, -0.25) is 4.98 Å². The fourth-order valence-corrected chi connectivity index (χ4v) is 3.96. The Balaban J connectivity index is 1.42. The number of anilines is 3. The molecule has 0 amide bonds. The highest BCUT2D eigenvalue weighted by Gasteiger charge is 2.23. The average Bonchev–Trinajstić information content (AvgIpc) is 2.75. The van der Waals surface area contributed by atoms with Crippen molar-refractivity contribution in [2.24, 2.45) is 0 Å². The molecule has 4 heterocycles. The summed E-state index contributed by atoms with van der Waals surface area (Å²) in [6.45, 7) is 2.23. The highest BCUT2D eigenvalue weighted by molar-refractivity contribution is 7.88. The number of rotatable bonds is 5. The Morgan fingerprint density at radius 2 is 1.79 bits per heavy atom. The summed E-state index contributed by atoms with van der Waals surface area (Å²) in [5.41, 5.74) is 2.64. The Morgan fingerprint density at radius 3 is 2.45 bits per heavy atom. The lowest BCUT2D eigenvalue weighted by Crippen LogP contribution is -2.48. The van der Waals surface area contributed by atoms with E-state index in [1.165, 1.54) is 10.6 Å². The van der Waals surface area contributed by atoms with Crippen LogP contribution in [0.1, 0.15) is 0 Å². The molecule has 1 aliphatic heterocycles. The van der Waals surface area contributed by atoms with Gasteiger partial charge in [0, 0.05) is 50.3 Å². The van der Waals surface area contributed by atoms with Gasteiger partial charge in [0.25, 0.3) is 0 Å². The number of aromatic nitrogens is 4. The van der Waals surface area contributed by atoms with Gasteiger partial charge in [0.1, 0.15) is 5.82 Å². The Bertz CT molecular complexity index is 1070. The SMILES string of the molecule is CS(=O)(=O)N1CCN(c2ccc(Nc3nccc(-c4cccnc4)n3)nc2)CC1. The molecule has 0 saturated carbocycles. The topological polar surface area (TPSA) is 104 Å². The number of piperazine rings is 1. The molecule has 0 spiro atoms. The van der Waals surface area contributed by atoms with Crippen molar-refractivity contribution in [3.05, 3.63) is 55.1 Å². The van der Waals surface area contributed by atoms with Crippen LogP contribution in [0.25, 0.3) is 11.3 Å². The molecule has 0 bridgehead atoms. The molecule has 1 aliphatic rings. The molecular formula is C19H21N7O2S. The largest absolute Gasteiger partial charge is 0.368 e. The molecule has 150 valence electrons. The van der Waals surface area contributed by atoms with Gasteiger partial charge in [-0.1, -0.05) is 0 Å². The molecule has 1 N–H and O–H groups in total. The van der Waals surface area contributed by atoms with Crippen LogP contribution in [0.2, 0.25) is 0 Å². The number of hydrogen-bond acceptors (Lipinski definition) is 8. The van der Waals surface area contributed by atoms with Crippen molar-refractivity contribution in [1.82, 2.24) is 24.2 Å². The van der Waals surface area contributed by atoms with Crippen molar-refractivity contribution in [3.8, 4) is 11.3 Å². The van der Waals surface area contributed by atoms with Gasteiger partial charge in [-0.25, -0.2) is 23.4 Å². The van der Waals surface area contributed by atoms with Gasteiger partial charge in [0.2, 0.25) is 16.0 Å². The predicted molar refractivity (Wildman–Crippen MR) is 111 cm³/mol. The van der Waals surface area contributed by atoms with Crippen molar-refractivity contribution in [3.63, 3.8) is 0 Å². The average molecular weight is 411 g/mol. The minimum absolute atomic E-state index is 0.452. The zero-order valence-corrected chi connectivity index (χ0v) is 16.7. The number of pyridine rings is 2. The van der Waals surface area contributed by atoms with E-state index in [0.29, 0.717) is 37.9 Å². The van der Waals surface area contributed by atoms with E-state index in [1.54, 1.807) is 24.8 Å². The number of nitrogens with zero attached hydrogens (tertiary/aromatic N) is 6.